The van der Waals surface area contributed by atoms with Gasteiger partial charge in [0.1, 0.15) is 5.82 Å². The number of nitrogens with zero attached hydrogens (tertiary/aromatic N) is 6. The predicted octanol–water partition coefficient (Wildman–Crippen LogP) is 0.467. The first-order valence-electron chi connectivity index (χ1n) is 7.97. The number of hydrogen-bond acceptors (Lipinski definition) is 6. The lowest BCUT2D eigenvalue weighted by Crippen LogP contribution is -2.62. The van der Waals surface area contributed by atoms with Crippen LogP contribution in [-0.2, 0) is 0 Å². The lowest BCUT2D eigenvalue weighted by atomic mass is 10.0. The van der Waals surface area contributed by atoms with Crippen molar-refractivity contribution in [2.24, 2.45) is 0 Å². The molecule has 1 aliphatic carbocycles. The molecule has 1 aliphatic heterocycles. The average molecular weight is 302 g/mol. The highest BCUT2D eigenvalue weighted by Crippen LogP contribution is 2.29. The SMILES string of the molecule is Cc1nnc2ccc(N3CC(N(C)C4CCCC4O)C3)nn12. The van der Waals surface area contributed by atoms with Crippen molar-refractivity contribution in [2.45, 2.75) is 44.4 Å². The maximum absolute atomic E-state index is 10.1. The van der Waals surface area contributed by atoms with E-state index in [1.54, 1.807) is 4.52 Å². The molecule has 2 aromatic rings. The lowest BCUT2D eigenvalue weighted by Gasteiger charge is -2.47. The zero-order chi connectivity index (χ0) is 15.3. The van der Waals surface area contributed by atoms with Gasteiger partial charge >= 0.3 is 0 Å². The Kier molecular flexibility index (Phi) is 3.27. The van der Waals surface area contributed by atoms with Crippen LogP contribution in [0.2, 0.25) is 0 Å². The minimum atomic E-state index is -0.159. The fourth-order valence-corrected chi connectivity index (χ4v) is 3.62. The highest BCUT2D eigenvalue weighted by molar-refractivity contribution is 5.47. The molecule has 0 radical (unpaired) electrons. The molecule has 2 unspecified atom stereocenters. The molecule has 1 saturated carbocycles. The summed E-state index contributed by atoms with van der Waals surface area (Å²) in [6, 6.07) is 4.78. The Morgan fingerprint density at radius 2 is 2.05 bits per heavy atom. The molecule has 3 heterocycles. The molecule has 0 spiro atoms. The minimum Gasteiger partial charge on any atom is -0.391 e. The first-order chi connectivity index (χ1) is 10.6. The van der Waals surface area contributed by atoms with Gasteiger partial charge in [-0.3, -0.25) is 4.90 Å². The van der Waals surface area contributed by atoms with E-state index in [2.05, 4.69) is 32.1 Å². The molecule has 22 heavy (non-hydrogen) atoms. The van der Waals surface area contributed by atoms with Gasteiger partial charge in [-0.05, 0) is 45.4 Å². The van der Waals surface area contributed by atoms with Crippen molar-refractivity contribution >= 4 is 11.5 Å². The Hall–Kier alpha value is -1.73. The molecule has 2 atom stereocenters. The average Bonchev–Trinajstić information content (AvgIpc) is 3.04. The number of anilines is 1. The molecule has 4 rings (SSSR count). The van der Waals surface area contributed by atoms with Crippen LogP contribution < -0.4 is 4.90 Å². The topological polar surface area (TPSA) is 69.8 Å². The molecule has 118 valence electrons. The smallest absolute Gasteiger partial charge is 0.178 e. The number of likely N-dealkylation sites (N-methyl/N-ethyl adjacent to an activating group) is 1. The molecule has 2 aromatic heterocycles. The van der Waals surface area contributed by atoms with E-state index < -0.39 is 0 Å². The number of aromatic nitrogens is 4. The second kappa shape index (κ2) is 5.17. The maximum Gasteiger partial charge on any atom is 0.178 e. The van der Waals surface area contributed by atoms with Gasteiger partial charge in [0.25, 0.3) is 0 Å². The van der Waals surface area contributed by atoms with Crippen molar-refractivity contribution < 1.29 is 5.11 Å². The first kappa shape index (κ1) is 13.9. The first-order valence-corrected chi connectivity index (χ1v) is 7.97. The van der Waals surface area contributed by atoms with Crippen molar-refractivity contribution in [1.29, 1.82) is 0 Å². The molecule has 0 bridgehead atoms. The third-order valence-corrected chi connectivity index (χ3v) is 5.13. The molecule has 7 heteroatoms. The molecule has 2 fully saturated rings. The Balaban J connectivity index is 1.44. The van der Waals surface area contributed by atoms with Gasteiger partial charge in [0, 0.05) is 25.2 Å². The van der Waals surface area contributed by atoms with Gasteiger partial charge in [-0.25, -0.2) is 0 Å². The van der Waals surface area contributed by atoms with E-state index in [0.717, 1.165) is 49.6 Å². The van der Waals surface area contributed by atoms with Crippen molar-refractivity contribution in [1.82, 2.24) is 24.7 Å². The van der Waals surface area contributed by atoms with Crippen LogP contribution in [0.5, 0.6) is 0 Å². The van der Waals surface area contributed by atoms with Crippen LogP contribution in [-0.4, -0.2) is 68.1 Å². The summed E-state index contributed by atoms with van der Waals surface area (Å²) in [4.78, 5) is 4.62. The Morgan fingerprint density at radius 1 is 1.23 bits per heavy atom. The molecule has 1 N–H and O–H groups in total. The van der Waals surface area contributed by atoms with Crippen LogP contribution in [0.15, 0.2) is 12.1 Å². The molecular formula is C15H22N6O. The van der Waals surface area contributed by atoms with Crippen LogP contribution in [0.4, 0.5) is 5.82 Å². The summed E-state index contributed by atoms with van der Waals surface area (Å²) >= 11 is 0. The fraction of sp³-hybridized carbons (Fsp3) is 0.667. The minimum absolute atomic E-state index is 0.159. The van der Waals surface area contributed by atoms with E-state index in [1.807, 2.05) is 19.1 Å². The zero-order valence-electron chi connectivity index (χ0n) is 13.1. The van der Waals surface area contributed by atoms with Crippen LogP contribution in [0, 0.1) is 6.92 Å². The molecule has 0 aromatic carbocycles. The summed E-state index contributed by atoms with van der Waals surface area (Å²) in [5.41, 5.74) is 0.782. The van der Waals surface area contributed by atoms with Crippen molar-refractivity contribution in [3.05, 3.63) is 18.0 Å². The van der Waals surface area contributed by atoms with Gasteiger partial charge in [0.15, 0.2) is 11.5 Å². The summed E-state index contributed by atoms with van der Waals surface area (Å²) in [6.07, 6.45) is 3.03. The zero-order valence-corrected chi connectivity index (χ0v) is 13.1. The van der Waals surface area contributed by atoms with Gasteiger partial charge < -0.3 is 10.0 Å². The second-order valence-corrected chi connectivity index (χ2v) is 6.50. The van der Waals surface area contributed by atoms with Crippen LogP contribution >= 0.6 is 0 Å². The quantitative estimate of drug-likeness (QED) is 0.888. The standard InChI is InChI=1S/C15H22N6O/c1-10-16-17-14-6-7-15(18-21(10)14)20-8-11(9-20)19(2)12-4-3-5-13(12)22/h6-7,11-13,22H,3-5,8-9H2,1-2H3. The van der Waals surface area contributed by atoms with E-state index in [9.17, 15) is 5.11 Å². The summed E-state index contributed by atoms with van der Waals surface area (Å²) in [5.74, 6) is 1.77. The van der Waals surface area contributed by atoms with Crippen molar-refractivity contribution in [2.75, 3.05) is 25.0 Å². The van der Waals surface area contributed by atoms with Gasteiger partial charge in [0.05, 0.1) is 6.10 Å². The van der Waals surface area contributed by atoms with E-state index in [0.29, 0.717) is 12.1 Å². The van der Waals surface area contributed by atoms with Gasteiger partial charge in [-0.1, -0.05) is 0 Å². The lowest BCUT2D eigenvalue weighted by molar-refractivity contribution is 0.0525. The third kappa shape index (κ3) is 2.16. The van der Waals surface area contributed by atoms with E-state index in [1.165, 1.54) is 0 Å². The second-order valence-electron chi connectivity index (χ2n) is 6.50. The highest BCUT2D eigenvalue weighted by atomic mass is 16.3. The van der Waals surface area contributed by atoms with Crippen molar-refractivity contribution in [3.63, 3.8) is 0 Å². The summed E-state index contributed by atoms with van der Waals surface area (Å²) in [7, 11) is 2.14. The van der Waals surface area contributed by atoms with E-state index in [-0.39, 0.29) is 6.10 Å². The largest absolute Gasteiger partial charge is 0.391 e. The van der Waals surface area contributed by atoms with Crippen molar-refractivity contribution in [3.8, 4) is 0 Å². The normalized spacial score (nSPS) is 26.1. The van der Waals surface area contributed by atoms with Crippen LogP contribution in [0.1, 0.15) is 25.1 Å². The number of rotatable bonds is 3. The number of aliphatic hydroxyl groups excluding tert-OH is 1. The van der Waals surface area contributed by atoms with Gasteiger partial charge in [0.2, 0.25) is 0 Å². The molecule has 0 amide bonds. The number of aryl methyl sites for hydroxylation is 1. The molecule has 1 saturated heterocycles. The Morgan fingerprint density at radius 3 is 2.77 bits per heavy atom. The van der Waals surface area contributed by atoms with E-state index >= 15 is 0 Å². The highest BCUT2D eigenvalue weighted by Gasteiger charge is 2.38. The van der Waals surface area contributed by atoms with Crippen LogP contribution in [0.25, 0.3) is 5.65 Å². The summed E-state index contributed by atoms with van der Waals surface area (Å²) < 4.78 is 1.78. The predicted molar refractivity (Wildman–Crippen MR) is 82.9 cm³/mol. The Labute approximate surface area is 129 Å². The number of hydrogen-bond donors (Lipinski definition) is 1. The van der Waals surface area contributed by atoms with E-state index in [4.69, 9.17) is 0 Å². The molecule has 2 aliphatic rings. The maximum atomic E-state index is 10.1. The number of fused-ring (bicyclic) bond motifs is 1. The Bertz CT molecular complexity index is 680. The number of aliphatic hydroxyl groups is 1. The summed E-state index contributed by atoms with van der Waals surface area (Å²) in [5, 5.41) is 22.8. The van der Waals surface area contributed by atoms with Gasteiger partial charge in [-0.15, -0.1) is 15.3 Å². The third-order valence-electron chi connectivity index (χ3n) is 5.13. The van der Waals surface area contributed by atoms with Gasteiger partial charge in [-0.2, -0.15) is 4.52 Å². The molecular weight excluding hydrogens is 280 g/mol. The molecule has 7 nitrogen and oxygen atoms in total. The summed E-state index contributed by atoms with van der Waals surface area (Å²) in [6.45, 7) is 3.82. The monoisotopic (exact) mass is 302 g/mol. The fourth-order valence-electron chi connectivity index (χ4n) is 3.62. The van der Waals surface area contributed by atoms with Crippen LogP contribution in [0.3, 0.4) is 0 Å².